The van der Waals surface area contributed by atoms with Crippen molar-refractivity contribution in [2.24, 2.45) is 5.73 Å². The highest BCUT2D eigenvalue weighted by Gasteiger charge is 2.29. The van der Waals surface area contributed by atoms with E-state index in [1.165, 1.54) is 13.2 Å². The van der Waals surface area contributed by atoms with Crippen molar-refractivity contribution in [1.82, 2.24) is 10.2 Å². The van der Waals surface area contributed by atoms with E-state index in [1.807, 2.05) is 13.8 Å². The number of rotatable bonds is 5. The number of halogens is 1. The van der Waals surface area contributed by atoms with Gasteiger partial charge in [0.15, 0.2) is 18.1 Å². The summed E-state index contributed by atoms with van der Waals surface area (Å²) in [6, 6.07) is 3.34. The third-order valence-corrected chi connectivity index (χ3v) is 4.41. The number of methoxy groups -OCH3 is 1. The molecule has 8 heteroatoms. The van der Waals surface area contributed by atoms with E-state index < -0.39 is 5.91 Å². The molecule has 1 aliphatic heterocycles. The fourth-order valence-corrected chi connectivity index (χ4v) is 2.90. The third kappa shape index (κ3) is 3.91. The average molecular weight is 356 g/mol. The van der Waals surface area contributed by atoms with Gasteiger partial charge < -0.3 is 25.4 Å². The molecule has 1 aromatic carbocycles. The van der Waals surface area contributed by atoms with Crippen LogP contribution in [0, 0.1) is 0 Å². The van der Waals surface area contributed by atoms with Gasteiger partial charge in [-0.1, -0.05) is 11.6 Å². The third-order valence-electron chi connectivity index (χ3n) is 4.13. The van der Waals surface area contributed by atoms with E-state index in [9.17, 15) is 9.59 Å². The van der Waals surface area contributed by atoms with Gasteiger partial charge in [0.05, 0.1) is 12.1 Å². The summed E-state index contributed by atoms with van der Waals surface area (Å²) < 4.78 is 10.5. The van der Waals surface area contributed by atoms with Gasteiger partial charge >= 0.3 is 0 Å². The number of nitrogens with zero attached hydrogens (tertiary/aromatic N) is 1. The summed E-state index contributed by atoms with van der Waals surface area (Å²) in [5, 5.41) is 3.52. The lowest BCUT2D eigenvalue weighted by atomic mass is 10.0. The molecule has 2 unspecified atom stereocenters. The van der Waals surface area contributed by atoms with Gasteiger partial charge in [0.25, 0.3) is 11.8 Å². The molecule has 2 amide bonds. The Kier molecular flexibility index (Phi) is 5.90. The molecular weight excluding hydrogens is 334 g/mol. The Morgan fingerprint density at radius 1 is 1.42 bits per heavy atom. The summed E-state index contributed by atoms with van der Waals surface area (Å²) in [4.78, 5) is 25.5. The van der Waals surface area contributed by atoms with Gasteiger partial charge in [-0.25, -0.2) is 0 Å². The van der Waals surface area contributed by atoms with Gasteiger partial charge in [0.2, 0.25) is 0 Å². The van der Waals surface area contributed by atoms with E-state index in [1.54, 1.807) is 11.0 Å². The van der Waals surface area contributed by atoms with Crippen LogP contribution in [0.4, 0.5) is 0 Å². The smallest absolute Gasteiger partial charge is 0.255 e. The first kappa shape index (κ1) is 18.4. The Morgan fingerprint density at radius 3 is 2.75 bits per heavy atom. The number of ether oxygens (including phenoxy) is 2. The van der Waals surface area contributed by atoms with Gasteiger partial charge in [-0.15, -0.1) is 0 Å². The number of amides is 2. The molecule has 0 radical (unpaired) electrons. The van der Waals surface area contributed by atoms with E-state index in [0.717, 1.165) is 6.54 Å². The number of carbonyl (C=O) groups is 2. The number of benzene rings is 1. The van der Waals surface area contributed by atoms with Crippen LogP contribution in [0.25, 0.3) is 0 Å². The predicted octanol–water partition coefficient (Wildman–Crippen LogP) is 1.04. The summed E-state index contributed by atoms with van der Waals surface area (Å²) in [5.41, 5.74) is 5.48. The summed E-state index contributed by atoms with van der Waals surface area (Å²) in [6.07, 6.45) is 0. The minimum absolute atomic E-state index is 0.0572. The minimum atomic E-state index is -0.628. The van der Waals surface area contributed by atoms with Crippen molar-refractivity contribution in [3.05, 3.63) is 22.7 Å². The average Bonchev–Trinajstić information content (AvgIpc) is 2.54. The molecule has 2 atom stereocenters. The zero-order chi connectivity index (χ0) is 17.9. The first-order valence-corrected chi connectivity index (χ1v) is 8.06. The van der Waals surface area contributed by atoms with Crippen molar-refractivity contribution < 1.29 is 19.1 Å². The van der Waals surface area contributed by atoms with Crippen LogP contribution in [0.1, 0.15) is 24.2 Å². The lowest BCUT2D eigenvalue weighted by Crippen LogP contribution is -2.57. The highest BCUT2D eigenvalue weighted by molar-refractivity contribution is 6.32. The Balaban J connectivity index is 2.29. The fourth-order valence-electron chi connectivity index (χ4n) is 2.64. The van der Waals surface area contributed by atoms with Crippen LogP contribution in [0.5, 0.6) is 11.5 Å². The van der Waals surface area contributed by atoms with Crippen LogP contribution in [0.15, 0.2) is 12.1 Å². The molecule has 0 aliphatic carbocycles. The zero-order valence-corrected chi connectivity index (χ0v) is 14.7. The maximum atomic E-state index is 12.8. The Morgan fingerprint density at radius 2 is 2.12 bits per heavy atom. The van der Waals surface area contributed by atoms with Gasteiger partial charge in [0, 0.05) is 30.7 Å². The number of hydrogen-bond acceptors (Lipinski definition) is 5. The lowest BCUT2D eigenvalue weighted by Gasteiger charge is -2.38. The molecule has 1 fully saturated rings. The molecule has 3 N–H and O–H groups in total. The quantitative estimate of drug-likeness (QED) is 0.823. The Labute approximate surface area is 146 Å². The Hall–Kier alpha value is -1.99. The largest absolute Gasteiger partial charge is 0.493 e. The van der Waals surface area contributed by atoms with E-state index in [4.69, 9.17) is 26.8 Å². The number of nitrogens with one attached hydrogen (secondary N) is 1. The van der Waals surface area contributed by atoms with Gasteiger partial charge in [-0.3, -0.25) is 9.59 Å². The molecule has 7 nitrogen and oxygen atoms in total. The summed E-state index contributed by atoms with van der Waals surface area (Å²) >= 11 is 6.20. The second-order valence-corrected chi connectivity index (χ2v) is 6.13. The normalized spacial score (nSPS) is 20.6. The second kappa shape index (κ2) is 7.72. The molecule has 2 rings (SSSR count). The van der Waals surface area contributed by atoms with Crippen molar-refractivity contribution in [3.8, 4) is 11.5 Å². The topological polar surface area (TPSA) is 93.9 Å². The molecule has 1 saturated heterocycles. The SMILES string of the molecule is COc1cc(C(=O)N2CCNC(C)C2C)cc(Cl)c1OCC(N)=O. The molecule has 1 aliphatic rings. The van der Waals surface area contributed by atoms with Crippen molar-refractivity contribution in [1.29, 1.82) is 0 Å². The van der Waals surface area contributed by atoms with Crippen LogP contribution in [-0.2, 0) is 4.79 Å². The molecule has 0 aromatic heterocycles. The van der Waals surface area contributed by atoms with Crippen LogP contribution in [0.2, 0.25) is 5.02 Å². The van der Waals surface area contributed by atoms with Crippen LogP contribution < -0.4 is 20.5 Å². The maximum Gasteiger partial charge on any atom is 0.255 e. The van der Waals surface area contributed by atoms with E-state index in [0.29, 0.717) is 12.1 Å². The van der Waals surface area contributed by atoms with Crippen molar-refractivity contribution in [2.75, 3.05) is 26.8 Å². The molecule has 0 saturated carbocycles. The number of hydrogen-bond donors (Lipinski definition) is 2. The molecule has 1 heterocycles. The number of carbonyl (C=O) groups excluding carboxylic acids is 2. The van der Waals surface area contributed by atoms with Crippen molar-refractivity contribution in [2.45, 2.75) is 25.9 Å². The van der Waals surface area contributed by atoms with Gasteiger partial charge in [0.1, 0.15) is 0 Å². The fraction of sp³-hybridized carbons (Fsp3) is 0.500. The first-order valence-electron chi connectivity index (χ1n) is 7.68. The van der Waals surface area contributed by atoms with E-state index in [2.05, 4.69) is 5.32 Å². The van der Waals surface area contributed by atoms with E-state index >= 15 is 0 Å². The van der Waals surface area contributed by atoms with Crippen LogP contribution in [0.3, 0.4) is 0 Å². The molecule has 0 spiro atoms. The van der Waals surface area contributed by atoms with E-state index in [-0.39, 0.29) is 41.1 Å². The summed E-state index contributed by atoms with van der Waals surface area (Å²) in [5.74, 6) is -0.284. The Bertz CT molecular complexity index is 638. The molecule has 24 heavy (non-hydrogen) atoms. The highest BCUT2D eigenvalue weighted by Crippen LogP contribution is 2.37. The standard InChI is InChI=1S/C16H22ClN3O4/c1-9-10(2)20(5-4-19-9)16(22)11-6-12(17)15(13(7-11)23-3)24-8-14(18)21/h6-7,9-10,19H,4-5,8H2,1-3H3,(H2,18,21). The maximum absolute atomic E-state index is 12.8. The minimum Gasteiger partial charge on any atom is -0.493 e. The summed E-state index contributed by atoms with van der Waals surface area (Å²) in [6.45, 7) is 5.07. The van der Waals surface area contributed by atoms with Gasteiger partial charge in [-0.2, -0.15) is 0 Å². The molecule has 1 aromatic rings. The number of piperazine rings is 1. The molecule has 0 bridgehead atoms. The van der Waals surface area contributed by atoms with Crippen molar-refractivity contribution in [3.63, 3.8) is 0 Å². The monoisotopic (exact) mass is 355 g/mol. The summed E-state index contributed by atoms with van der Waals surface area (Å²) in [7, 11) is 1.44. The number of primary amides is 1. The molecular formula is C16H22ClN3O4. The zero-order valence-electron chi connectivity index (χ0n) is 14.0. The first-order chi connectivity index (χ1) is 11.3. The van der Waals surface area contributed by atoms with Crippen molar-refractivity contribution >= 4 is 23.4 Å². The van der Waals surface area contributed by atoms with Crippen LogP contribution >= 0.6 is 11.6 Å². The second-order valence-electron chi connectivity index (χ2n) is 5.73. The van der Waals surface area contributed by atoms with Crippen LogP contribution in [-0.4, -0.2) is 55.6 Å². The highest BCUT2D eigenvalue weighted by atomic mass is 35.5. The number of nitrogens with two attached hydrogens (primary N) is 1. The van der Waals surface area contributed by atoms with Gasteiger partial charge in [-0.05, 0) is 26.0 Å². The molecule has 132 valence electrons. The lowest BCUT2D eigenvalue weighted by molar-refractivity contribution is -0.119. The predicted molar refractivity (Wildman–Crippen MR) is 90.7 cm³/mol.